The van der Waals surface area contributed by atoms with Crippen LogP contribution in [0.5, 0.6) is 0 Å². The molecule has 2 heteroatoms. The molecule has 96 valence electrons. The van der Waals surface area contributed by atoms with Crippen molar-refractivity contribution in [3.05, 3.63) is 70.8 Å². The Balaban J connectivity index is 2.13. The van der Waals surface area contributed by atoms with Crippen LogP contribution < -0.4 is 0 Å². The molecular formula is C17H15FO. The maximum Gasteiger partial charge on any atom is 0.204 e. The Labute approximate surface area is 112 Å². The fourth-order valence-corrected chi connectivity index (χ4v) is 2.87. The molecule has 1 aliphatic rings. The number of hydrogen-bond donors (Lipinski definition) is 0. The second kappa shape index (κ2) is 4.30. The Morgan fingerprint density at radius 1 is 1.05 bits per heavy atom. The number of halogens is 1. The predicted octanol–water partition coefficient (Wildman–Crippen LogP) is 3.99. The van der Waals surface area contributed by atoms with Gasteiger partial charge in [0.05, 0.1) is 0 Å². The zero-order valence-corrected chi connectivity index (χ0v) is 10.8. The summed E-state index contributed by atoms with van der Waals surface area (Å²) in [6, 6.07) is 14.5. The zero-order chi connectivity index (χ0) is 13.5. The molecule has 19 heavy (non-hydrogen) atoms. The molecule has 3 rings (SSSR count). The van der Waals surface area contributed by atoms with Crippen LogP contribution in [-0.2, 0) is 12.1 Å². The first-order valence-corrected chi connectivity index (χ1v) is 6.50. The molecule has 1 atom stereocenters. The smallest absolute Gasteiger partial charge is 0.204 e. The fraction of sp³-hybridized carbons (Fsp3) is 0.235. The van der Waals surface area contributed by atoms with Gasteiger partial charge in [-0.2, -0.15) is 0 Å². The lowest BCUT2D eigenvalue weighted by atomic mass is 9.75. The van der Waals surface area contributed by atoms with E-state index in [2.05, 4.69) is 0 Å². The molecule has 0 radical (unpaired) electrons. The van der Waals surface area contributed by atoms with E-state index in [-0.39, 0.29) is 6.42 Å². The van der Waals surface area contributed by atoms with Crippen LogP contribution >= 0.6 is 0 Å². The minimum Gasteiger partial charge on any atom is -0.290 e. The van der Waals surface area contributed by atoms with Gasteiger partial charge >= 0.3 is 0 Å². The molecule has 0 aromatic heterocycles. The average molecular weight is 254 g/mol. The molecule has 0 aliphatic heterocycles. The van der Waals surface area contributed by atoms with Crippen LogP contribution in [0.4, 0.5) is 4.39 Å². The third-order valence-electron chi connectivity index (χ3n) is 3.93. The Bertz CT molecular complexity index is 647. The number of fused-ring (bicyclic) bond motifs is 1. The zero-order valence-electron chi connectivity index (χ0n) is 10.8. The molecule has 0 saturated carbocycles. The number of carbonyl (C=O) groups excluding carboxylic acids is 1. The van der Waals surface area contributed by atoms with Crippen molar-refractivity contribution in [2.75, 3.05) is 0 Å². The standard InChI is InChI=1S/C17H15FO/c1-12-6-2-5-9-15(12)17(18)11-10-13-7-3-4-8-14(13)16(17)19/h2-9H,10-11H2,1H3/t17-/m1/s1. The number of rotatable bonds is 1. The molecule has 0 N–H and O–H groups in total. The highest BCUT2D eigenvalue weighted by molar-refractivity contribution is 6.05. The van der Waals surface area contributed by atoms with Crippen LogP contribution in [0, 0.1) is 6.92 Å². The molecule has 1 aliphatic carbocycles. The summed E-state index contributed by atoms with van der Waals surface area (Å²) in [6.45, 7) is 1.85. The molecule has 0 heterocycles. The second-order valence-electron chi connectivity index (χ2n) is 5.10. The van der Waals surface area contributed by atoms with E-state index >= 15 is 4.39 Å². The number of alkyl halides is 1. The van der Waals surface area contributed by atoms with E-state index in [0.717, 1.165) is 11.1 Å². The van der Waals surface area contributed by atoms with Crippen molar-refractivity contribution in [2.45, 2.75) is 25.4 Å². The van der Waals surface area contributed by atoms with Crippen LogP contribution in [0.1, 0.15) is 33.5 Å². The van der Waals surface area contributed by atoms with E-state index in [9.17, 15) is 4.79 Å². The number of ketones is 1. The van der Waals surface area contributed by atoms with Gasteiger partial charge in [-0.15, -0.1) is 0 Å². The maximum absolute atomic E-state index is 15.3. The Kier molecular flexibility index (Phi) is 2.74. The minimum atomic E-state index is -1.88. The van der Waals surface area contributed by atoms with Crippen LogP contribution in [0.15, 0.2) is 48.5 Å². The predicted molar refractivity (Wildman–Crippen MR) is 73.1 cm³/mol. The summed E-state index contributed by atoms with van der Waals surface area (Å²) in [5, 5.41) is 0. The first-order valence-electron chi connectivity index (χ1n) is 6.50. The van der Waals surface area contributed by atoms with Crippen molar-refractivity contribution in [1.29, 1.82) is 0 Å². The lowest BCUT2D eigenvalue weighted by Crippen LogP contribution is -2.36. The van der Waals surface area contributed by atoms with Crippen LogP contribution in [0.3, 0.4) is 0 Å². The summed E-state index contributed by atoms with van der Waals surface area (Å²) in [5.74, 6) is -0.399. The monoisotopic (exact) mass is 254 g/mol. The minimum absolute atomic E-state index is 0.230. The highest BCUT2D eigenvalue weighted by atomic mass is 19.1. The van der Waals surface area contributed by atoms with Gasteiger partial charge in [-0.25, -0.2) is 4.39 Å². The van der Waals surface area contributed by atoms with E-state index in [4.69, 9.17) is 0 Å². The highest BCUT2D eigenvalue weighted by Gasteiger charge is 2.44. The molecule has 0 spiro atoms. The van der Waals surface area contributed by atoms with Crippen LogP contribution in [-0.4, -0.2) is 5.78 Å². The van der Waals surface area contributed by atoms with Crippen LogP contribution in [0.25, 0.3) is 0 Å². The third kappa shape index (κ3) is 1.79. The molecular weight excluding hydrogens is 239 g/mol. The molecule has 2 aromatic rings. The van der Waals surface area contributed by atoms with Gasteiger partial charge in [0, 0.05) is 5.56 Å². The molecule has 0 amide bonds. The molecule has 2 aromatic carbocycles. The van der Waals surface area contributed by atoms with Crippen molar-refractivity contribution in [3.8, 4) is 0 Å². The SMILES string of the molecule is Cc1ccccc1[C@]1(F)CCc2ccccc2C1=O. The van der Waals surface area contributed by atoms with Crippen molar-refractivity contribution in [2.24, 2.45) is 0 Å². The van der Waals surface area contributed by atoms with Crippen molar-refractivity contribution >= 4 is 5.78 Å². The van der Waals surface area contributed by atoms with Gasteiger partial charge in [-0.1, -0.05) is 48.5 Å². The van der Waals surface area contributed by atoms with Gasteiger partial charge in [0.25, 0.3) is 0 Å². The summed E-state index contributed by atoms with van der Waals surface area (Å²) < 4.78 is 15.3. The summed E-state index contributed by atoms with van der Waals surface area (Å²) in [7, 11) is 0. The van der Waals surface area contributed by atoms with Gasteiger partial charge in [-0.05, 0) is 36.5 Å². The van der Waals surface area contributed by atoms with Crippen molar-refractivity contribution in [3.63, 3.8) is 0 Å². The molecule has 0 bridgehead atoms. The summed E-state index contributed by atoms with van der Waals surface area (Å²) in [5.41, 5.74) is 0.945. The number of benzene rings is 2. The van der Waals surface area contributed by atoms with E-state index < -0.39 is 11.5 Å². The van der Waals surface area contributed by atoms with E-state index in [0.29, 0.717) is 17.5 Å². The van der Waals surface area contributed by atoms with Gasteiger partial charge in [0.2, 0.25) is 5.78 Å². The Hall–Kier alpha value is -1.96. The van der Waals surface area contributed by atoms with Crippen molar-refractivity contribution in [1.82, 2.24) is 0 Å². The van der Waals surface area contributed by atoms with Gasteiger partial charge in [0.15, 0.2) is 5.67 Å². The normalized spacial score (nSPS) is 22.1. The Morgan fingerprint density at radius 3 is 2.53 bits per heavy atom. The Morgan fingerprint density at radius 2 is 1.74 bits per heavy atom. The van der Waals surface area contributed by atoms with Crippen molar-refractivity contribution < 1.29 is 9.18 Å². The van der Waals surface area contributed by atoms with E-state index in [1.807, 2.05) is 31.2 Å². The summed E-state index contributed by atoms with van der Waals surface area (Å²) >= 11 is 0. The molecule has 0 fully saturated rings. The number of aryl methyl sites for hydroxylation is 2. The fourth-order valence-electron chi connectivity index (χ4n) is 2.87. The summed E-state index contributed by atoms with van der Waals surface area (Å²) in [4.78, 5) is 12.5. The molecule has 0 saturated heterocycles. The first-order chi connectivity index (χ1) is 9.13. The lowest BCUT2D eigenvalue weighted by molar-refractivity contribution is 0.0628. The second-order valence-corrected chi connectivity index (χ2v) is 5.10. The lowest BCUT2D eigenvalue weighted by Gasteiger charge is -2.31. The topological polar surface area (TPSA) is 17.1 Å². The third-order valence-corrected chi connectivity index (χ3v) is 3.93. The number of hydrogen-bond acceptors (Lipinski definition) is 1. The van der Waals surface area contributed by atoms with Gasteiger partial charge in [0.1, 0.15) is 0 Å². The number of carbonyl (C=O) groups is 1. The van der Waals surface area contributed by atoms with E-state index in [1.165, 1.54) is 0 Å². The molecule has 1 nitrogen and oxygen atoms in total. The highest BCUT2D eigenvalue weighted by Crippen LogP contribution is 2.40. The van der Waals surface area contributed by atoms with E-state index in [1.54, 1.807) is 24.3 Å². The molecule has 0 unspecified atom stereocenters. The largest absolute Gasteiger partial charge is 0.290 e. The first kappa shape index (κ1) is 12.1. The van der Waals surface area contributed by atoms with Crippen LogP contribution in [0.2, 0.25) is 0 Å². The van der Waals surface area contributed by atoms with Gasteiger partial charge < -0.3 is 0 Å². The quantitative estimate of drug-likeness (QED) is 0.752. The average Bonchev–Trinajstić information content (AvgIpc) is 2.44. The summed E-state index contributed by atoms with van der Waals surface area (Å²) in [6.07, 6.45) is 0.834. The maximum atomic E-state index is 15.3. The van der Waals surface area contributed by atoms with Gasteiger partial charge in [-0.3, -0.25) is 4.79 Å². The number of Topliss-reactive ketones (excluding diaryl/α,β-unsaturated/α-hetero) is 1.